The number of rotatable bonds is 3. The van der Waals surface area contributed by atoms with E-state index in [0.29, 0.717) is 11.1 Å². The highest BCUT2D eigenvalue weighted by molar-refractivity contribution is 5.40. The van der Waals surface area contributed by atoms with E-state index in [1.807, 2.05) is 0 Å². The predicted octanol–water partition coefficient (Wildman–Crippen LogP) is 1.80. The third-order valence-electron chi connectivity index (χ3n) is 1.92. The van der Waals surface area contributed by atoms with Gasteiger partial charge in [0.1, 0.15) is 0 Å². The van der Waals surface area contributed by atoms with Gasteiger partial charge in [-0.3, -0.25) is 0 Å². The summed E-state index contributed by atoms with van der Waals surface area (Å²) < 4.78 is 25.9. The second kappa shape index (κ2) is 4.21. The van der Waals surface area contributed by atoms with Crippen molar-refractivity contribution < 1.29 is 8.78 Å². The molecule has 0 radical (unpaired) electrons. The summed E-state index contributed by atoms with van der Waals surface area (Å²) in [5.41, 5.74) is 5.91. The van der Waals surface area contributed by atoms with Gasteiger partial charge in [0.15, 0.2) is 0 Å². The molecular formula is C11H11F2N. The molecule has 2 N–H and O–H groups in total. The number of alkyl halides is 2. The van der Waals surface area contributed by atoms with E-state index in [1.54, 1.807) is 24.3 Å². The van der Waals surface area contributed by atoms with Crippen molar-refractivity contribution in [2.75, 3.05) is 6.54 Å². The van der Waals surface area contributed by atoms with E-state index in [9.17, 15) is 8.78 Å². The molecule has 0 fully saturated rings. The molecule has 0 saturated heterocycles. The zero-order valence-corrected chi connectivity index (χ0v) is 7.63. The van der Waals surface area contributed by atoms with Crippen LogP contribution >= 0.6 is 0 Å². The zero-order chi connectivity index (χ0) is 10.6. The molecule has 3 heteroatoms. The van der Waals surface area contributed by atoms with Gasteiger partial charge in [0.2, 0.25) is 0 Å². The fraction of sp³-hybridized carbons (Fsp3) is 0.273. The lowest BCUT2D eigenvalue weighted by Gasteiger charge is -2.14. The van der Waals surface area contributed by atoms with E-state index in [1.165, 1.54) is 0 Å². The molecule has 1 nitrogen and oxygen atoms in total. The Bertz CT molecular complexity index is 353. The first-order chi connectivity index (χ1) is 6.59. The van der Waals surface area contributed by atoms with Crippen LogP contribution in [0.4, 0.5) is 8.78 Å². The van der Waals surface area contributed by atoms with Crippen molar-refractivity contribution in [3.05, 3.63) is 35.4 Å². The van der Waals surface area contributed by atoms with Crippen LogP contribution in [-0.4, -0.2) is 12.5 Å². The Kier molecular flexibility index (Phi) is 3.21. The molecule has 0 unspecified atom stereocenters. The zero-order valence-electron chi connectivity index (χ0n) is 7.63. The summed E-state index contributed by atoms with van der Waals surface area (Å²) >= 11 is 0. The van der Waals surface area contributed by atoms with Crippen molar-refractivity contribution in [2.45, 2.75) is 12.3 Å². The highest BCUT2D eigenvalue weighted by atomic mass is 19.3. The van der Waals surface area contributed by atoms with Crippen molar-refractivity contribution in [3.8, 4) is 12.3 Å². The van der Waals surface area contributed by atoms with E-state index < -0.39 is 18.9 Å². The summed E-state index contributed by atoms with van der Waals surface area (Å²) in [4.78, 5) is 0. The first-order valence-corrected chi connectivity index (χ1v) is 4.21. The summed E-state index contributed by atoms with van der Waals surface area (Å²) in [7, 11) is 0. The Labute approximate surface area is 81.9 Å². The minimum absolute atomic E-state index is 0.399. The van der Waals surface area contributed by atoms with Crippen molar-refractivity contribution in [1.82, 2.24) is 0 Å². The quantitative estimate of drug-likeness (QED) is 0.731. The SMILES string of the molecule is C#Cc1ccccc1CC(F)(F)CN. The molecule has 0 aliphatic carbocycles. The average Bonchev–Trinajstić information content (AvgIpc) is 2.18. The van der Waals surface area contributed by atoms with E-state index >= 15 is 0 Å². The van der Waals surface area contributed by atoms with Crippen molar-refractivity contribution in [2.24, 2.45) is 5.73 Å². The van der Waals surface area contributed by atoms with Crippen molar-refractivity contribution in [1.29, 1.82) is 0 Å². The van der Waals surface area contributed by atoms with E-state index in [4.69, 9.17) is 12.2 Å². The van der Waals surface area contributed by atoms with Crippen LogP contribution in [0.15, 0.2) is 24.3 Å². The standard InChI is InChI=1S/C11H11F2N/c1-2-9-5-3-4-6-10(9)7-11(12,13)8-14/h1,3-6H,7-8,14H2. The molecule has 0 aliphatic heterocycles. The number of halogens is 2. The van der Waals surface area contributed by atoms with Crippen LogP contribution in [0.2, 0.25) is 0 Å². The molecule has 1 aromatic rings. The maximum Gasteiger partial charge on any atom is 0.264 e. The lowest BCUT2D eigenvalue weighted by Crippen LogP contribution is -2.30. The van der Waals surface area contributed by atoms with Crippen LogP contribution in [-0.2, 0) is 6.42 Å². The van der Waals surface area contributed by atoms with Gasteiger partial charge in [0.05, 0.1) is 6.54 Å². The van der Waals surface area contributed by atoms with Crippen LogP contribution in [0.1, 0.15) is 11.1 Å². The highest BCUT2D eigenvalue weighted by Gasteiger charge is 2.27. The van der Waals surface area contributed by atoms with E-state index in [0.717, 1.165) is 0 Å². The largest absolute Gasteiger partial charge is 0.325 e. The molecule has 0 aliphatic rings. The molecule has 74 valence electrons. The highest BCUT2D eigenvalue weighted by Crippen LogP contribution is 2.20. The fourth-order valence-electron chi connectivity index (χ4n) is 1.17. The van der Waals surface area contributed by atoms with Gasteiger partial charge < -0.3 is 5.73 Å². The topological polar surface area (TPSA) is 26.0 Å². The predicted molar refractivity (Wildman–Crippen MR) is 52.1 cm³/mol. The van der Waals surface area contributed by atoms with Crippen molar-refractivity contribution in [3.63, 3.8) is 0 Å². The average molecular weight is 195 g/mol. The van der Waals surface area contributed by atoms with E-state index in [-0.39, 0.29) is 0 Å². The van der Waals surface area contributed by atoms with Crippen LogP contribution in [0.25, 0.3) is 0 Å². The number of hydrogen-bond donors (Lipinski definition) is 1. The van der Waals surface area contributed by atoms with Crippen LogP contribution in [0, 0.1) is 12.3 Å². The Hall–Kier alpha value is -1.40. The molecule has 0 aromatic heterocycles. The van der Waals surface area contributed by atoms with Crippen LogP contribution < -0.4 is 5.73 Å². The normalized spacial score (nSPS) is 11.0. The van der Waals surface area contributed by atoms with E-state index in [2.05, 4.69) is 5.92 Å². The Morgan fingerprint density at radius 3 is 2.57 bits per heavy atom. The maximum absolute atomic E-state index is 13.0. The minimum Gasteiger partial charge on any atom is -0.325 e. The monoisotopic (exact) mass is 195 g/mol. The van der Waals surface area contributed by atoms with Gasteiger partial charge in [-0.15, -0.1) is 6.42 Å². The molecule has 0 amide bonds. The molecule has 0 heterocycles. The third kappa shape index (κ3) is 2.54. The Balaban J connectivity index is 2.92. The second-order valence-corrected chi connectivity index (χ2v) is 3.04. The van der Waals surface area contributed by atoms with Crippen LogP contribution in [0.3, 0.4) is 0 Å². The summed E-state index contributed by atoms with van der Waals surface area (Å²) in [6.45, 7) is -0.661. The molecule has 14 heavy (non-hydrogen) atoms. The second-order valence-electron chi connectivity index (χ2n) is 3.04. The number of nitrogens with two attached hydrogens (primary N) is 1. The summed E-state index contributed by atoms with van der Waals surface area (Å²) in [5, 5.41) is 0. The lowest BCUT2D eigenvalue weighted by atomic mass is 10.0. The summed E-state index contributed by atoms with van der Waals surface area (Å²) in [6, 6.07) is 6.64. The lowest BCUT2D eigenvalue weighted by molar-refractivity contribution is 0.0114. The van der Waals surface area contributed by atoms with Crippen molar-refractivity contribution >= 4 is 0 Å². The molecule has 0 saturated carbocycles. The smallest absolute Gasteiger partial charge is 0.264 e. The molecule has 1 rings (SSSR count). The molecular weight excluding hydrogens is 184 g/mol. The molecule has 0 spiro atoms. The summed E-state index contributed by atoms with van der Waals surface area (Å²) in [6.07, 6.45) is 4.79. The van der Waals surface area contributed by atoms with Gasteiger partial charge in [-0.2, -0.15) is 0 Å². The van der Waals surface area contributed by atoms with Gasteiger partial charge in [-0.25, -0.2) is 8.78 Å². The molecule has 0 atom stereocenters. The Morgan fingerprint density at radius 1 is 1.36 bits per heavy atom. The first-order valence-electron chi connectivity index (χ1n) is 4.21. The third-order valence-corrected chi connectivity index (χ3v) is 1.92. The summed E-state index contributed by atoms with van der Waals surface area (Å²) in [5.74, 6) is -0.514. The van der Waals surface area contributed by atoms with Gasteiger partial charge in [-0.05, 0) is 11.6 Å². The van der Waals surface area contributed by atoms with Gasteiger partial charge in [0, 0.05) is 12.0 Å². The number of terminal acetylenes is 1. The Morgan fingerprint density at radius 2 is 2.00 bits per heavy atom. The number of benzene rings is 1. The fourth-order valence-corrected chi connectivity index (χ4v) is 1.17. The minimum atomic E-state index is -2.88. The van der Waals surface area contributed by atoms with Gasteiger partial charge in [-0.1, -0.05) is 24.1 Å². The maximum atomic E-state index is 13.0. The van der Waals surface area contributed by atoms with Gasteiger partial charge >= 0.3 is 0 Å². The molecule has 1 aromatic carbocycles. The van der Waals surface area contributed by atoms with Crippen LogP contribution in [0.5, 0.6) is 0 Å². The number of hydrogen-bond acceptors (Lipinski definition) is 1. The molecule has 0 bridgehead atoms. The first kappa shape index (κ1) is 10.7. The van der Waals surface area contributed by atoms with Gasteiger partial charge in [0.25, 0.3) is 5.92 Å².